The van der Waals surface area contributed by atoms with Crippen molar-refractivity contribution in [3.8, 4) is 0 Å². The molecule has 0 aliphatic heterocycles. The van der Waals surface area contributed by atoms with Crippen molar-refractivity contribution >= 4 is 33.3 Å². The third-order valence-corrected chi connectivity index (χ3v) is 4.19. The van der Waals surface area contributed by atoms with Crippen molar-refractivity contribution in [3.05, 3.63) is 28.8 Å². The van der Waals surface area contributed by atoms with E-state index in [0.29, 0.717) is 0 Å². The number of benzene rings is 1. The van der Waals surface area contributed by atoms with Gasteiger partial charge >= 0.3 is 5.97 Å². The van der Waals surface area contributed by atoms with E-state index in [2.05, 4.69) is 5.32 Å². The lowest BCUT2D eigenvalue weighted by atomic mass is 10.1. The maximum Gasteiger partial charge on any atom is 0.326 e. The van der Waals surface area contributed by atoms with Gasteiger partial charge in [-0.05, 0) is 18.2 Å². The second kappa shape index (κ2) is 6.88. The number of sulfone groups is 1. The molecular weight excluding hydrogens is 322 g/mol. The number of carbonyl (C=O) groups excluding carboxylic acids is 1. The maximum absolute atomic E-state index is 11.9. The summed E-state index contributed by atoms with van der Waals surface area (Å²) in [6.07, 6.45) is 0.787. The van der Waals surface area contributed by atoms with Gasteiger partial charge in [0, 0.05) is 24.8 Å². The number of carboxylic acid groups (broad SMARTS) is 1. The minimum Gasteiger partial charge on any atom is -0.480 e. The molecule has 7 nitrogen and oxygen atoms in total. The van der Waals surface area contributed by atoms with E-state index in [-0.39, 0.29) is 21.9 Å². The van der Waals surface area contributed by atoms with Gasteiger partial charge in [-0.2, -0.15) is 0 Å². The second-order valence-electron chi connectivity index (χ2n) is 4.29. The Morgan fingerprint density at radius 1 is 1.38 bits per heavy atom. The highest BCUT2D eigenvalue weighted by Crippen LogP contribution is 2.22. The fourth-order valence-corrected chi connectivity index (χ4v) is 2.86. The Labute approximate surface area is 126 Å². The van der Waals surface area contributed by atoms with Crippen molar-refractivity contribution in [2.24, 2.45) is 0 Å². The molecule has 9 heteroatoms. The largest absolute Gasteiger partial charge is 0.480 e. The standard InChI is InChI=1S/C12H14ClNO6S/c1-21(19,20)10-6-7(2-3-8(10)13)11(16)14-9(4-5-15)12(17)18/h2-3,6,9,15H,4-5H2,1H3,(H,14,16)(H,17,18). The molecule has 1 rings (SSSR count). The fourth-order valence-electron chi connectivity index (χ4n) is 1.56. The summed E-state index contributed by atoms with van der Waals surface area (Å²) in [4.78, 5) is 22.6. The Morgan fingerprint density at radius 3 is 2.48 bits per heavy atom. The van der Waals surface area contributed by atoms with Gasteiger partial charge in [0.25, 0.3) is 5.91 Å². The maximum atomic E-state index is 11.9. The van der Waals surface area contributed by atoms with E-state index >= 15 is 0 Å². The summed E-state index contributed by atoms with van der Waals surface area (Å²) in [5.41, 5.74) is -0.0379. The summed E-state index contributed by atoms with van der Waals surface area (Å²) >= 11 is 5.75. The molecule has 0 aliphatic rings. The van der Waals surface area contributed by atoms with Crippen molar-refractivity contribution in [2.45, 2.75) is 17.4 Å². The number of nitrogens with one attached hydrogen (secondary N) is 1. The van der Waals surface area contributed by atoms with Crippen LogP contribution in [0.4, 0.5) is 0 Å². The number of carboxylic acids is 1. The lowest BCUT2D eigenvalue weighted by molar-refractivity contribution is -0.139. The molecule has 116 valence electrons. The first-order valence-corrected chi connectivity index (χ1v) is 8.08. The molecule has 0 heterocycles. The van der Waals surface area contributed by atoms with Crippen molar-refractivity contribution < 1.29 is 28.2 Å². The van der Waals surface area contributed by atoms with Gasteiger partial charge < -0.3 is 15.5 Å². The van der Waals surface area contributed by atoms with Crippen molar-refractivity contribution in [1.82, 2.24) is 5.32 Å². The Balaban J connectivity index is 3.06. The Kier molecular flexibility index (Phi) is 5.70. The summed E-state index contributed by atoms with van der Waals surface area (Å²) < 4.78 is 23.0. The van der Waals surface area contributed by atoms with Crippen LogP contribution in [-0.4, -0.2) is 49.4 Å². The highest BCUT2D eigenvalue weighted by Gasteiger charge is 2.21. The Hall–Kier alpha value is -1.64. The lowest BCUT2D eigenvalue weighted by Crippen LogP contribution is -2.41. The molecule has 0 aromatic heterocycles. The number of rotatable bonds is 6. The molecule has 21 heavy (non-hydrogen) atoms. The molecule has 0 saturated heterocycles. The van der Waals surface area contributed by atoms with Gasteiger partial charge in [-0.1, -0.05) is 11.6 Å². The molecule has 0 radical (unpaired) electrons. The van der Waals surface area contributed by atoms with E-state index in [4.69, 9.17) is 21.8 Å². The number of halogens is 1. The van der Waals surface area contributed by atoms with Gasteiger partial charge in [-0.15, -0.1) is 0 Å². The van der Waals surface area contributed by atoms with Crippen molar-refractivity contribution in [2.75, 3.05) is 12.9 Å². The van der Waals surface area contributed by atoms with Crippen LogP contribution in [0.1, 0.15) is 16.8 Å². The zero-order valence-electron chi connectivity index (χ0n) is 11.0. The first kappa shape index (κ1) is 17.4. The van der Waals surface area contributed by atoms with E-state index in [1.165, 1.54) is 12.1 Å². The molecule has 3 N–H and O–H groups in total. The molecule has 0 bridgehead atoms. The summed E-state index contributed by atoms with van der Waals surface area (Å²) in [6.45, 7) is -0.410. The highest BCUT2D eigenvalue weighted by atomic mass is 35.5. The Morgan fingerprint density at radius 2 is 2.00 bits per heavy atom. The average molecular weight is 336 g/mol. The molecule has 1 unspecified atom stereocenters. The van der Waals surface area contributed by atoms with E-state index in [9.17, 15) is 18.0 Å². The van der Waals surface area contributed by atoms with Crippen molar-refractivity contribution in [3.63, 3.8) is 0 Å². The summed E-state index contributed by atoms with van der Waals surface area (Å²) in [6, 6.07) is 2.34. The number of hydrogen-bond donors (Lipinski definition) is 3. The fraction of sp³-hybridized carbons (Fsp3) is 0.333. The number of hydrogen-bond acceptors (Lipinski definition) is 5. The molecule has 0 fully saturated rings. The van der Waals surface area contributed by atoms with Crippen LogP contribution in [0.2, 0.25) is 5.02 Å². The number of carbonyl (C=O) groups is 2. The third kappa shape index (κ3) is 4.69. The molecule has 0 spiro atoms. The predicted octanol–water partition coefficient (Wildman–Crippen LogP) is 0.309. The molecular formula is C12H14ClNO6S. The molecule has 1 aromatic rings. The molecule has 1 atom stereocenters. The highest BCUT2D eigenvalue weighted by molar-refractivity contribution is 7.90. The Bertz CT molecular complexity index is 658. The van der Waals surface area contributed by atoms with Gasteiger partial charge in [-0.3, -0.25) is 4.79 Å². The monoisotopic (exact) mass is 335 g/mol. The van der Waals surface area contributed by atoms with Crippen LogP contribution in [0.3, 0.4) is 0 Å². The van der Waals surface area contributed by atoms with Crippen LogP contribution >= 0.6 is 11.6 Å². The first-order chi connectivity index (χ1) is 9.66. The summed E-state index contributed by atoms with van der Waals surface area (Å²) in [5.74, 6) is -2.06. The quantitative estimate of drug-likeness (QED) is 0.688. The zero-order valence-corrected chi connectivity index (χ0v) is 12.6. The van der Waals surface area contributed by atoms with E-state index in [0.717, 1.165) is 12.3 Å². The van der Waals surface area contributed by atoms with Gasteiger partial charge in [0.1, 0.15) is 6.04 Å². The second-order valence-corrected chi connectivity index (χ2v) is 6.69. The van der Waals surface area contributed by atoms with E-state index in [1.807, 2.05) is 0 Å². The smallest absolute Gasteiger partial charge is 0.326 e. The number of aliphatic hydroxyl groups is 1. The zero-order chi connectivity index (χ0) is 16.2. The lowest BCUT2D eigenvalue weighted by Gasteiger charge is -2.13. The number of aliphatic carboxylic acids is 1. The predicted molar refractivity (Wildman–Crippen MR) is 75.2 cm³/mol. The molecule has 1 aromatic carbocycles. The minimum atomic E-state index is -3.61. The number of amides is 1. The molecule has 0 aliphatic carbocycles. The van der Waals surface area contributed by atoms with Crippen LogP contribution in [0, 0.1) is 0 Å². The van der Waals surface area contributed by atoms with Crippen LogP contribution < -0.4 is 5.32 Å². The summed E-state index contributed by atoms with van der Waals surface area (Å²) in [7, 11) is -3.61. The van der Waals surface area contributed by atoms with E-state index < -0.39 is 34.4 Å². The van der Waals surface area contributed by atoms with Gasteiger partial charge in [0.05, 0.1) is 9.92 Å². The summed E-state index contributed by atoms with van der Waals surface area (Å²) in [5, 5.41) is 19.8. The van der Waals surface area contributed by atoms with Crippen molar-refractivity contribution in [1.29, 1.82) is 0 Å². The normalized spacial score (nSPS) is 12.7. The van der Waals surface area contributed by atoms with Crippen LogP contribution in [-0.2, 0) is 14.6 Å². The van der Waals surface area contributed by atoms with Gasteiger partial charge in [0.2, 0.25) is 0 Å². The minimum absolute atomic E-state index is 0.0285. The molecule has 0 saturated carbocycles. The third-order valence-electron chi connectivity index (χ3n) is 2.61. The van der Waals surface area contributed by atoms with Crippen LogP contribution in [0.15, 0.2) is 23.1 Å². The SMILES string of the molecule is CS(=O)(=O)c1cc(C(=O)NC(CCO)C(=O)O)ccc1Cl. The van der Waals surface area contributed by atoms with Crippen LogP contribution in [0.5, 0.6) is 0 Å². The van der Waals surface area contributed by atoms with Gasteiger partial charge in [0.15, 0.2) is 9.84 Å². The number of aliphatic hydroxyl groups excluding tert-OH is 1. The van der Waals surface area contributed by atoms with Gasteiger partial charge in [-0.25, -0.2) is 13.2 Å². The topological polar surface area (TPSA) is 121 Å². The average Bonchev–Trinajstić information content (AvgIpc) is 2.37. The first-order valence-electron chi connectivity index (χ1n) is 5.81. The van der Waals surface area contributed by atoms with Crippen LogP contribution in [0.25, 0.3) is 0 Å². The molecule has 1 amide bonds. The van der Waals surface area contributed by atoms with E-state index in [1.54, 1.807) is 0 Å².